The Bertz CT molecular complexity index is 1020. The van der Waals surface area contributed by atoms with Crippen molar-refractivity contribution in [2.45, 2.75) is 38.5 Å². The minimum absolute atomic E-state index is 0.135. The molecule has 0 atom stereocenters. The van der Waals surface area contributed by atoms with Crippen LogP contribution in [0, 0.1) is 20.8 Å². The van der Waals surface area contributed by atoms with Gasteiger partial charge in [0.15, 0.2) is 0 Å². The van der Waals surface area contributed by atoms with E-state index in [4.69, 9.17) is 0 Å². The minimum Gasteiger partial charge on any atom is -0.267 e. The van der Waals surface area contributed by atoms with Crippen molar-refractivity contribution in [2.24, 2.45) is 5.10 Å². The van der Waals surface area contributed by atoms with E-state index in [1.165, 1.54) is 22.0 Å². The summed E-state index contributed by atoms with van der Waals surface area (Å²) in [7, 11) is -3.56. The standard InChI is InChI=1S/C21H25N3O3S/c1-15-11-17(3)19(12-16(15)2)14-22-23-21(25)18-7-6-8-20(13-18)28(26,27)24-9-4-5-10-24/h6-8,11-14H,4-5,9-10H2,1-3H3,(H,23,25)/b22-14-. The highest BCUT2D eigenvalue weighted by Crippen LogP contribution is 2.21. The smallest absolute Gasteiger partial charge is 0.267 e. The highest BCUT2D eigenvalue weighted by Gasteiger charge is 2.27. The Kier molecular flexibility index (Phi) is 5.96. The SMILES string of the molecule is Cc1cc(C)c(/C=N\NC(=O)c2cccc(S(=O)(=O)N3CCCC3)c2)cc1C. The first-order valence-electron chi connectivity index (χ1n) is 9.30. The summed E-state index contributed by atoms with van der Waals surface area (Å²) in [5, 5.41) is 4.03. The van der Waals surface area contributed by atoms with Gasteiger partial charge in [-0.15, -0.1) is 0 Å². The lowest BCUT2D eigenvalue weighted by Crippen LogP contribution is -2.28. The van der Waals surface area contributed by atoms with Gasteiger partial charge in [-0.3, -0.25) is 4.79 Å². The Hall–Kier alpha value is -2.51. The molecule has 0 aliphatic carbocycles. The average molecular weight is 400 g/mol. The van der Waals surface area contributed by atoms with Gasteiger partial charge in [-0.1, -0.05) is 12.1 Å². The summed E-state index contributed by atoms with van der Waals surface area (Å²) in [4.78, 5) is 12.5. The zero-order valence-electron chi connectivity index (χ0n) is 16.4. The van der Waals surface area contributed by atoms with E-state index in [1.807, 2.05) is 26.8 Å². The van der Waals surface area contributed by atoms with Crippen LogP contribution < -0.4 is 5.43 Å². The number of sulfonamides is 1. The monoisotopic (exact) mass is 399 g/mol. The zero-order chi connectivity index (χ0) is 20.3. The summed E-state index contributed by atoms with van der Waals surface area (Å²) < 4.78 is 26.8. The molecule has 1 amide bonds. The second-order valence-electron chi connectivity index (χ2n) is 7.13. The molecule has 0 bridgehead atoms. The molecule has 0 unspecified atom stereocenters. The topological polar surface area (TPSA) is 78.8 Å². The first-order chi connectivity index (χ1) is 13.3. The highest BCUT2D eigenvalue weighted by molar-refractivity contribution is 7.89. The number of hydrogen-bond acceptors (Lipinski definition) is 4. The molecular formula is C21H25N3O3S. The van der Waals surface area contributed by atoms with Crippen LogP contribution in [0.3, 0.4) is 0 Å². The number of hydrogen-bond donors (Lipinski definition) is 1. The number of nitrogens with one attached hydrogen (secondary N) is 1. The van der Waals surface area contributed by atoms with Crippen molar-refractivity contribution in [3.63, 3.8) is 0 Å². The van der Waals surface area contributed by atoms with Gasteiger partial charge < -0.3 is 0 Å². The Morgan fingerprint density at radius 2 is 1.71 bits per heavy atom. The summed E-state index contributed by atoms with van der Waals surface area (Å²) in [6, 6.07) is 10.2. The number of rotatable bonds is 5. The first-order valence-corrected chi connectivity index (χ1v) is 10.7. The lowest BCUT2D eigenvalue weighted by atomic mass is 10.0. The molecule has 7 heteroatoms. The van der Waals surface area contributed by atoms with Crippen molar-refractivity contribution < 1.29 is 13.2 Å². The van der Waals surface area contributed by atoms with Gasteiger partial charge in [0.25, 0.3) is 5.91 Å². The lowest BCUT2D eigenvalue weighted by molar-refractivity contribution is 0.0955. The summed E-state index contributed by atoms with van der Waals surface area (Å²) >= 11 is 0. The second-order valence-corrected chi connectivity index (χ2v) is 9.07. The molecule has 1 aliphatic rings. The molecule has 2 aromatic carbocycles. The van der Waals surface area contributed by atoms with Crippen LogP contribution in [0.25, 0.3) is 0 Å². The van der Waals surface area contributed by atoms with Crippen molar-refractivity contribution in [1.29, 1.82) is 0 Å². The number of carbonyl (C=O) groups excluding carboxylic acids is 1. The van der Waals surface area contributed by atoms with E-state index in [0.29, 0.717) is 13.1 Å². The van der Waals surface area contributed by atoms with Crippen molar-refractivity contribution in [2.75, 3.05) is 13.1 Å². The van der Waals surface area contributed by atoms with E-state index in [9.17, 15) is 13.2 Å². The van der Waals surface area contributed by atoms with Gasteiger partial charge in [0.05, 0.1) is 11.1 Å². The van der Waals surface area contributed by atoms with Crippen LogP contribution in [0.5, 0.6) is 0 Å². The zero-order valence-corrected chi connectivity index (χ0v) is 17.2. The predicted molar refractivity (Wildman–Crippen MR) is 110 cm³/mol. The lowest BCUT2D eigenvalue weighted by Gasteiger charge is -2.15. The number of aryl methyl sites for hydroxylation is 3. The van der Waals surface area contributed by atoms with E-state index >= 15 is 0 Å². The molecule has 1 N–H and O–H groups in total. The van der Waals surface area contributed by atoms with E-state index in [2.05, 4.69) is 16.6 Å². The van der Waals surface area contributed by atoms with Crippen molar-refractivity contribution in [3.8, 4) is 0 Å². The second kappa shape index (κ2) is 8.24. The number of nitrogens with zero attached hydrogens (tertiary/aromatic N) is 2. The molecule has 1 fully saturated rings. The van der Waals surface area contributed by atoms with Gasteiger partial charge in [0.1, 0.15) is 0 Å². The fourth-order valence-electron chi connectivity index (χ4n) is 3.22. The minimum atomic E-state index is -3.56. The van der Waals surface area contributed by atoms with Crippen LogP contribution in [0.4, 0.5) is 0 Å². The van der Waals surface area contributed by atoms with E-state index in [0.717, 1.165) is 29.5 Å². The molecule has 6 nitrogen and oxygen atoms in total. The van der Waals surface area contributed by atoms with Crippen molar-refractivity contribution >= 4 is 22.1 Å². The van der Waals surface area contributed by atoms with Crippen LogP contribution in [0.1, 0.15) is 45.5 Å². The van der Waals surface area contributed by atoms with Crippen molar-refractivity contribution in [3.05, 3.63) is 64.2 Å². The third kappa shape index (κ3) is 4.31. The van der Waals surface area contributed by atoms with Crippen LogP contribution in [-0.2, 0) is 10.0 Å². The normalized spacial score (nSPS) is 15.2. The highest BCUT2D eigenvalue weighted by atomic mass is 32.2. The fourth-order valence-corrected chi connectivity index (χ4v) is 4.79. The number of benzene rings is 2. The van der Waals surface area contributed by atoms with Gasteiger partial charge in [0, 0.05) is 18.7 Å². The summed E-state index contributed by atoms with van der Waals surface area (Å²) in [6.07, 6.45) is 3.34. The summed E-state index contributed by atoms with van der Waals surface area (Å²) in [6.45, 7) is 7.12. The first kappa shape index (κ1) is 20.2. The van der Waals surface area contributed by atoms with Gasteiger partial charge in [0.2, 0.25) is 10.0 Å². The van der Waals surface area contributed by atoms with Gasteiger partial charge >= 0.3 is 0 Å². The molecule has 1 heterocycles. The molecule has 1 saturated heterocycles. The molecule has 0 saturated carbocycles. The molecule has 3 rings (SSSR count). The quantitative estimate of drug-likeness (QED) is 0.620. The molecule has 0 radical (unpaired) electrons. The Morgan fingerprint density at radius 3 is 2.43 bits per heavy atom. The number of amides is 1. The maximum absolute atomic E-state index is 12.7. The third-order valence-corrected chi connectivity index (χ3v) is 6.95. The van der Waals surface area contributed by atoms with E-state index in [-0.39, 0.29) is 10.5 Å². The third-order valence-electron chi connectivity index (χ3n) is 5.05. The summed E-state index contributed by atoms with van der Waals surface area (Å²) in [5.74, 6) is -0.448. The molecular weight excluding hydrogens is 374 g/mol. The average Bonchev–Trinajstić information content (AvgIpc) is 3.21. The van der Waals surface area contributed by atoms with Gasteiger partial charge in [-0.05, 0) is 80.1 Å². The fraction of sp³-hybridized carbons (Fsp3) is 0.333. The molecule has 148 valence electrons. The van der Waals surface area contributed by atoms with Crippen LogP contribution in [0.15, 0.2) is 46.4 Å². The number of carbonyl (C=O) groups is 1. The maximum atomic E-state index is 12.7. The van der Waals surface area contributed by atoms with Gasteiger partial charge in [-0.2, -0.15) is 9.41 Å². The molecule has 1 aliphatic heterocycles. The van der Waals surface area contributed by atoms with Crippen LogP contribution >= 0.6 is 0 Å². The molecule has 28 heavy (non-hydrogen) atoms. The Morgan fingerprint density at radius 1 is 1.04 bits per heavy atom. The molecule has 0 aromatic heterocycles. The molecule has 0 spiro atoms. The van der Waals surface area contributed by atoms with Gasteiger partial charge in [-0.25, -0.2) is 13.8 Å². The Labute approximate surface area is 166 Å². The maximum Gasteiger partial charge on any atom is 0.271 e. The predicted octanol–water partition coefficient (Wildman–Crippen LogP) is 3.16. The Balaban J connectivity index is 1.74. The van der Waals surface area contributed by atoms with Crippen LogP contribution in [0.2, 0.25) is 0 Å². The van der Waals surface area contributed by atoms with Crippen molar-refractivity contribution in [1.82, 2.24) is 9.73 Å². The summed E-state index contributed by atoms with van der Waals surface area (Å²) in [5.41, 5.74) is 7.09. The van der Waals surface area contributed by atoms with E-state index in [1.54, 1.807) is 18.3 Å². The van der Waals surface area contributed by atoms with E-state index < -0.39 is 15.9 Å². The van der Waals surface area contributed by atoms with Crippen LogP contribution in [-0.4, -0.2) is 37.9 Å². The number of hydrazone groups is 1. The largest absolute Gasteiger partial charge is 0.271 e. The molecule has 2 aromatic rings.